The van der Waals surface area contributed by atoms with Gasteiger partial charge in [-0.2, -0.15) is 0 Å². The lowest BCUT2D eigenvalue weighted by atomic mass is 10.1. The maximum atomic E-state index is 12.5. The zero-order chi connectivity index (χ0) is 21.3. The molecule has 0 spiro atoms. The van der Waals surface area contributed by atoms with Crippen LogP contribution in [0.15, 0.2) is 36.4 Å². The van der Waals surface area contributed by atoms with E-state index in [2.05, 4.69) is 10.2 Å². The first kappa shape index (κ1) is 19.8. The Labute approximate surface area is 173 Å². The maximum absolute atomic E-state index is 12.5. The van der Waals surface area contributed by atoms with Crippen LogP contribution in [0.3, 0.4) is 0 Å². The Hall–Kier alpha value is -3.55. The molecule has 0 aliphatic carbocycles. The van der Waals surface area contributed by atoms with Gasteiger partial charge in [0.05, 0.1) is 36.7 Å². The summed E-state index contributed by atoms with van der Waals surface area (Å²) in [5.74, 6) is -0.207. The number of nitrogens with zero attached hydrogens (tertiary/aromatic N) is 1. The third-order valence-corrected chi connectivity index (χ3v) is 5.40. The summed E-state index contributed by atoms with van der Waals surface area (Å²) in [5.41, 5.74) is 2.04. The van der Waals surface area contributed by atoms with Crippen molar-refractivity contribution in [1.29, 1.82) is 0 Å². The Morgan fingerprint density at radius 2 is 1.97 bits per heavy atom. The van der Waals surface area contributed by atoms with E-state index in [1.165, 1.54) is 14.2 Å². The van der Waals surface area contributed by atoms with Gasteiger partial charge >= 0.3 is 5.97 Å². The number of esters is 1. The van der Waals surface area contributed by atoms with Crippen molar-refractivity contribution < 1.29 is 28.6 Å². The number of rotatable bonds is 6. The second-order valence-corrected chi connectivity index (χ2v) is 7.14. The quantitative estimate of drug-likeness (QED) is 0.578. The van der Waals surface area contributed by atoms with Crippen molar-refractivity contribution in [3.8, 4) is 11.5 Å². The van der Waals surface area contributed by atoms with E-state index in [9.17, 15) is 14.4 Å². The van der Waals surface area contributed by atoms with E-state index in [1.807, 2.05) is 0 Å². The highest BCUT2D eigenvalue weighted by Gasteiger charge is 2.36. The Bertz CT molecular complexity index is 1020. The van der Waals surface area contributed by atoms with Crippen LogP contribution < -0.4 is 19.7 Å². The summed E-state index contributed by atoms with van der Waals surface area (Å²) in [7, 11) is 2.97. The summed E-state index contributed by atoms with van der Waals surface area (Å²) in [4.78, 5) is 39.3. The number of carbonyl (C=O) groups excluding carboxylic acids is 3. The normalized spacial score (nSPS) is 16.9. The van der Waals surface area contributed by atoms with Gasteiger partial charge in [-0.25, -0.2) is 4.79 Å². The Kier molecular flexibility index (Phi) is 5.31. The number of ketones is 1. The van der Waals surface area contributed by atoms with Crippen molar-refractivity contribution >= 4 is 29.0 Å². The molecule has 156 valence electrons. The molecule has 0 bridgehead atoms. The lowest BCUT2D eigenvalue weighted by molar-refractivity contribution is -0.117. The lowest BCUT2D eigenvalue weighted by Gasteiger charge is -2.33. The first-order chi connectivity index (χ1) is 14.5. The number of nitrogens with one attached hydrogen (secondary N) is 1. The second-order valence-electron chi connectivity index (χ2n) is 7.14. The predicted octanol–water partition coefficient (Wildman–Crippen LogP) is 2.66. The summed E-state index contributed by atoms with van der Waals surface area (Å²) in [6.45, 7) is 0.381. The van der Waals surface area contributed by atoms with Crippen LogP contribution in [-0.2, 0) is 9.53 Å². The van der Waals surface area contributed by atoms with Crippen LogP contribution in [0.4, 0.5) is 11.4 Å². The van der Waals surface area contributed by atoms with Gasteiger partial charge in [0.25, 0.3) is 0 Å². The monoisotopic (exact) mass is 410 g/mol. The summed E-state index contributed by atoms with van der Waals surface area (Å²) < 4.78 is 15.5. The van der Waals surface area contributed by atoms with Gasteiger partial charge < -0.3 is 24.4 Å². The van der Waals surface area contributed by atoms with E-state index in [0.29, 0.717) is 22.7 Å². The van der Waals surface area contributed by atoms with Gasteiger partial charge in [-0.05, 0) is 43.2 Å². The zero-order valence-electron chi connectivity index (χ0n) is 16.8. The molecule has 1 atom stereocenters. The number of hydrogen-bond acceptors (Lipinski definition) is 7. The molecule has 1 fully saturated rings. The van der Waals surface area contributed by atoms with Crippen LogP contribution >= 0.6 is 0 Å². The fourth-order valence-electron chi connectivity index (χ4n) is 3.88. The fourth-order valence-corrected chi connectivity index (χ4v) is 3.88. The third kappa shape index (κ3) is 3.56. The van der Waals surface area contributed by atoms with Crippen LogP contribution in [0.25, 0.3) is 0 Å². The molecule has 0 radical (unpaired) electrons. The van der Waals surface area contributed by atoms with E-state index >= 15 is 0 Å². The van der Waals surface area contributed by atoms with E-state index in [0.717, 1.165) is 25.1 Å². The highest BCUT2D eigenvalue weighted by molar-refractivity contribution is 6.06. The van der Waals surface area contributed by atoms with Gasteiger partial charge in [0, 0.05) is 12.6 Å². The van der Waals surface area contributed by atoms with E-state index in [4.69, 9.17) is 14.2 Å². The van der Waals surface area contributed by atoms with Gasteiger partial charge in [0.15, 0.2) is 6.61 Å². The van der Waals surface area contributed by atoms with Gasteiger partial charge in [0.1, 0.15) is 17.5 Å². The summed E-state index contributed by atoms with van der Waals surface area (Å²) >= 11 is 0. The molecule has 8 heteroatoms. The number of carbonyl (C=O) groups is 3. The third-order valence-electron chi connectivity index (χ3n) is 5.40. The fraction of sp³-hybridized carbons (Fsp3) is 0.318. The van der Waals surface area contributed by atoms with Crippen molar-refractivity contribution in [3.05, 3.63) is 47.5 Å². The molecule has 2 heterocycles. The van der Waals surface area contributed by atoms with E-state index < -0.39 is 18.4 Å². The largest absolute Gasteiger partial charge is 0.497 e. The number of hydrogen-bond donors (Lipinski definition) is 1. The number of amides is 1. The van der Waals surface area contributed by atoms with Crippen LogP contribution in [0, 0.1) is 0 Å². The Morgan fingerprint density at radius 1 is 1.13 bits per heavy atom. The van der Waals surface area contributed by atoms with Crippen molar-refractivity contribution in [2.75, 3.05) is 37.6 Å². The predicted molar refractivity (Wildman–Crippen MR) is 110 cm³/mol. The molecular formula is C22H22N2O6. The highest BCUT2D eigenvalue weighted by atomic mass is 16.5. The topological polar surface area (TPSA) is 94.2 Å². The average molecular weight is 410 g/mol. The number of benzene rings is 2. The first-order valence-corrected chi connectivity index (χ1v) is 9.65. The standard InChI is InChI=1S/C22H22N2O6/c1-28-14-6-7-15(20(11-14)29-2)19(25)12-30-22(27)13-5-8-17-16(10-13)23-21(26)18-4-3-9-24(17)18/h5-8,10-11,18H,3-4,9,12H2,1-2H3,(H,23,26)/t18-/m1/s1. The minimum Gasteiger partial charge on any atom is -0.497 e. The summed E-state index contributed by atoms with van der Waals surface area (Å²) in [6, 6.07) is 9.68. The first-order valence-electron chi connectivity index (χ1n) is 9.65. The molecule has 2 aromatic carbocycles. The maximum Gasteiger partial charge on any atom is 0.338 e. The number of fused-ring (bicyclic) bond motifs is 3. The molecule has 1 amide bonds. The molecule has 2 aliphatic heterocycles. The zero-order valence-corrected chi connectivity index (χ0v) is 16.8. The molecule has 1 saturated heterocycles. The van der Waals surface area contributed by atoms with Gasteiger partial charge in [-0.1, -0.05) is 0 Å². The molecule has 4 rings (SSSR count). The number of Topliss-reactive ketones (excluding diaryl/α,β-unsaturated/α-hetero) is 1. The van der Waals surface area contributed by atoms with Crippen LogP contribution in [-0.4, -0.2) is 51.1 Å². The van der Waals surface area contributed by atoms with E-state index in [-0.39, 0.29) is 17.5 Å². The molecule has 0 saturated carbocycles. The van der Waals surface area contributed by atoms with Crippen LogP contribution in [0.5, 0.6) is 11.5 Å². The number of methoxy groups -OCH3 is 2. The summed E-state index contributed by atoms with van der Waals surface area (Å²) in [6.07, 6.45) is 1.78. The molecule has 1 N–H and O–H groups in total. The van der Waals surface area contributed by atoms with Crippen LogP contribution in [0.1, 0.15) is 33.6 Å². The number of anilines is 2. The smallest absolute Gasteiger partial charge is 0.338 e. The van der Waals surface area contributed by atoms with Crippen molar-refractivity contribution in [2.45, 2.75) is 18.9 Å². The van der Waals surface area contributed by atoms with Crippen LogP contribution in [0.2, 0.25) is 0 Å². The van der Waals surface area contributed by atoms with Gasteiger partial charge in [-0.3, -0.25) is 9.59 Å². The molecule has 0 unspecified atom stereocenters. The van der Waals surface area contributed by atoms with Crippen molar-refractivity contribution in [3.63, 3.8) is 0 Å². The van der Waals surface area contributed by atoms with Crippen molar-refractivity contribution in [1.82, 2.24) is 0 Å². The lowest BCUT2D eigenvalue weighted by Crippen LogP contribution is -2.43. The van der Waals surface area contributed by atoms with E-state index in [1.54, 1.807) is 36.4 Å². The van der Waals surface area contributed by atoms with Crippen molar-refractivity contribution in [2.24, 2.45) is 0 Å². The summed E-state index contributed by atoms with van der Waals surface area (Å²) in [5, 5.41) is 2.86. The average Bonchev–Trinajstić information content (AvgIpc) is 3.27. The highest BCUT2D eigenvalue weighted by Crippen LogP contribution is 2.37. The molecule has 8 nitrogen and oxygen atoms in total. The molecule has 0 aromatic heterocycles. The second kappa shape index (κ2) is 8.06. The molecular weight excluding hydrogens is 388 g/mol. The molecule has 2 aliphatic rings. The van der Waals surface area contributed by atoms with Gasteiger partial charge in [-0.15, -0.1) is 0 Å². The molecule has 2 aromatic rings. The number of ether oxygens (including phenoxy) is 3. The SMILES string of the molecule is COc1ccc(C(=O)COC(=O)c2ccc3c(c2)NC(=O)[C@H]2CCCN32)c(OC)c1. The molecule has 30 heavy (non-hydrogen) atoms. The minimum atomic E-state index is -0.642. The Morgan fingerprint density at radius 3 is 2.73 bits per heavy atom. The Balaban J connectivity index is 1.46. The van der Waals surface area contributed by atoms with Gasteiger partial charge in [0.2, 0.25) is 11.7 Å². The minimum absolute atomic E-state index is 0.0627.